The fourth-order valence-electron chi connectivity index (χ4n) is 2.95. The number of ether oxygens (including phenoxy) is 2. The van der Waals surface area contributed by atoms with E-state index in [1.807, 2.05) is 4.90 Å². The highest BCUT2D eigenvalue weighted by atomic mass is 16.5. The van der Waals surface area contributed by atoms with Crippen molar-refractivity contribution in [1.29, 1.82) is 0 Å². The molecule has 1 fully saturated rings. The molecule has 3 rings (SSSR count). The van der Waals surface area contributed by atoms with Gasteiger partial charge < -0.3 is 24.1 Å². The van der Waals surface area contributed by atoms with E-state index in [0.29, 0.717) is 49.1 Å². The summed E-state index contributed by atoms with van der Waals surface area (Å²) < 4.78 is 15.6. The minimum absolute atomic E-state index is 0.118. The molecule has 1 aliphatic rings. The van der Waals surface area contributed by atoms with Crippen LogP contribution in [-0.4, -0.2) is 68.6 Å². The monoisotopic (exact) mass is 373 g/mol. The number of carbonyl (C=O) groups is 2. The third kappa shape index (κ3) is 4.79. The van der Waals surface area contributed by atoms with Gasteiger partial charge in [0.2, 0.25) is 5.91 Å². The van der Waals surface area contributed by atoms with E-state index in [0.717, 1.165) is 0 Å². The number of rotatable bonds is 6. The summed E-state index contributed by atoms with van der Waals surface area (Å²) in [6, 6.07) is 8.57. The molecule has 0 radical (unpaired) electrons. The van der Waals surface area contributed by atoms with Gasteiger partial charge in [-0.2, -0.15) is 0 Å². The van der Waals surface area contributed by atoms with Crippen LogP contribution in [0.2, 0.25) is 0 Å². The van der Waals surface area contributed by atoms with E-state index in [4.69, 9.17) is 13.9 Å². The SMILES string of the molecule is COc1cc(NC(=O)CN2CCN(C(=O)c3ccco3)CC2)cc(OC)c1. The Bertz CT molecular complexity index is 760. The van der Waals surface area contributed by atoms with E-state index >= 15 is 0 Å². The van der Waals surface area contributed by atoms with E-state index < -0.39 is 0 Å². The van der Waals surface area contributed by atoms with E-state index in [1.54, 1.807) is 49.5 Å². The second-order valence-electron chi connectivity index (χ2n) is 6.20. The van der Waals surface area contributed by atoms with Gasteiger partial charge in [-0.1, -0.05) is 0 Å². The first-order valence-corrected chi connectivity index (χ1v) is 8.67. The summed E-state index contributed by atoms with van der Waals surface area (Å²) in [6.45, 7) is 2.62. The predicted molar refractivity (Wildman–Crippen MR) is 99.2 cm³/mol. The third-order valence-corrected chi connectivity index (χ3v) is 4.39. The van der Waals surface area contributed by atoms with Crippen molar-refractivity contribution in [2.75, 3.05) is 52.3 Å². The second kappa shape index (κ2) is 8.59. The molecule has 0 bridgehead atoms. The number of furan rings is 1. The van der Waals surface area contributed by atoms with E-state index in [-0.39, 0.29) is 18.4 Å². The molecule has 0 spiro atoms. The van der Waals surface area contributed by atoms with Crippen LogP contribution in [0.3, 0.4) is 0 Å². The molecule has 2 amide bonds. The maximum Gasteiger partial charge on any atom is 0.289 e. The maximum absolute atomic E-state index is 12.4. The average Bonchev–Trinajstić information content (AvgIpc) is 3.22. The van der Waals surface area contributed by atoms with Crippen molar-refractivity contribution in [3.8, 4) is 11.5 Å². The van der Waals surface area contributed by atoms with Crippen LogP contribution in [0, 0.1) is 0 Å². The molecule has 0 unspecified atom stereocenters. The van der Waals surface area contributed by atoms with Crippen LogP contribution in [-0.2, 0) is 4.79 Å². The van der Waals surface area contributed by atoms with Gasteiger partial charge in [0.15, 0.2) is 5.76 Å². The first-order valence-electron chi connectivity index (χ1n) is 8.67. The van der Waals surface area contributed by atoms with E-state index in [1.165, 1.54) is 6.26 Å². The van der Waals surface area contributed by atoms with E-state index in [9.17, 15) is 9.59 Å². The van der Waals surface area contributed by atoms with Crippen LogP contribution in [0.25, 0.3) is 0 Å². The number of piperazine rings is 1. The first-order chi connectivity index (χ1) is 13.1. The minimum Gasteiger partial charge on any atom is -0.497 e. The Morgan fingerprint density at radius 2 is 1.74 bits per heavy atom. The fraction of sp³-hybridized carbons (Fsp3) is 0.368. The van der Waals surface area contributed by atoms with Crippen LogP contribution < -0.4 is 14.8 Å². The third-order valence-electron chi connectivity index (χ3n) is 4.39. The molecule has 27 heavy (non-hydrogen) atoms. The van der Waals surface area contributed by atoms with Crippen molar-refractivity contribution in [2.24, 2.45) is 0 Å². The molecule has 1 aromatic heterocycles. The fourth-order valence-corrected chi connectivity index (χ4v) is 2.95. The van der Waals surface area contributed by atoms with Crippen molar-refractivity contribution in [3.63, 3.8) is 0 Å². The zero-order valence-electron chi connectivity index (χ0n) is 15.4. The molecule has 0 saturated carbocycles. The average molecular weight is 373 g/mol. The molecule has 0 atom stereocenters. The zero-order chi connectivity index (χ0) is 19.2. The molecular weight excluding hydrogens is 350 g/mol. The molecule has 8 nitrogen and oxygen atoms in total. The number of nitrogens with zero attached hydrogens (tertiary/aromatic N) is 2. The topological polar surface area (TPSA) is 84.3 Å². The molecule has 1 saturated heterocycles. The van der Waals surface area contributed by atoms with Crippen molar-refractivity contribution in [3.05, 3.63) is 42.4 Å². The highest BCUT2D eigenvalue weighted by Gasteiger charge is 2.24. The zero-order valence-corrected chi connectivity index (χ0v) is 15.4. The van der Waals surface area contributed by atoms with Gasteiger partial charge >= 0.3 is 0 Å². The van der Waals surface area contributed by atoms with Gasteiger partial charge in [-0.3, -0.25) is 14.5 Å². The summed E-state index contributed by atoms with van der Waals surface area (Å²) in [5, 5.41) is 2.86. The number of methoxy groups -OCH3 is 2. The van der Waals surface area contributed by atoms with Gasteiger partial charge in [0.25, 0.3) is 5.91 Å². The van der Waals surface area contributed by atoms with Gasteiger partial charge in [-0.15, -0.1) is 0 Å². The standard InChI is InChI=1S/C19H23N3O5/c1-25-15-10-14(11-16(12-15)26-2)20-18(23)13-21-5-7-22(8-6-21)19(24)17-4-3-9-27-17/h3-4,9-12H,5-8,13H2,1-2H3,(H,20,23). The molecule has 2 aromatic rings. The molecule has 0 aliphatic carbocycles. The normalized spacial score (nSPS) is 14.7. The number of nitrogens with one attached hydrogen (secondary N) is 1. The van der Waals surface area contributed by atoms with E-state index in [2.05, 4.69) is 5.32 Å². The quantitative estimate of drug-likeness (QED) is 0.830. The molecule has 144 valence electrons. The predicted octanol–water partition coefficient (Wildman–Crippen LogP) is 1.69. The summed E-state index contributed by atoms with van der Waals surface area (Å²) >= 11 is 0. The summed E-state index contributed by atoms with van der Waals surface area (Å²) in [5.41, 5.74) is 0.614. The molecule has 1 aliphatic heterocycles. The summed E-state index contributed by atoms with van der Waals surface area (Å²) in [7, 11) is 3.12. The molecule has 8 heteroatoms. The highest BCUT2D eigenvalue weighted by molar-refractivity contribution is 5.93. The number of anilines is 1. The van der Waals surface area contributed by atoms with Crippen molar-refractivity contribution in [1.82, 2.24) is 9.80 Å². The number of hydrogen-bond donors (Lipinski definition) is 1. The molecule has 1 aromatic carbocycles. The largest absolute Gasteiger partial charge is 0.497 e. The molecule has 1 N–H and O–H groups in total. The highest BCUT2D eigenvalue weighted by Crippen LogP contribution is 2.25. The summed E-state index contributed by atoms with van der Waals surface area (Å²) in [6.07, 6.45) is 1.49. The first kappa shape index (κ1) is 18.8. The number of carbonyl (C=O) groups excluding carboxylic acids is 2. The van der Waals surface area contributed by atoms with Crippen LogP contribution >= 0.6 is 0 Å². The Balaban J connectivity index is 1.50. The van der Waals surface area contributed by atoms with Crippen molar-refractivity contribution >= 4 is 17.5 Å². The van der Waals surface area contributed by atoms with Gasteiger partial charge in [0.1, 0.15) is 11.5 Å². The van der Waals surface area contributed by atoms with Gasteiger partial charge in [-0.25, -0.2) is 0 Å². The Morgan fingerprint density at radius 1 is 1.07 bits per heavy atom. The number of amides is 2. The summed E-state index contributed by atoms with van der Waals surface area (Å²) in [5.74, 6) is 1.31. The van der Waals surface area contributed by atoms with Gasteiger partial charge in [0.05, 0.1) is 27.0 Å². The van der Waals surface area contributed by atoms with Crippen LogP contribution in [0.4, 0.5) is 5.69 Å². The smallest absolute Gasteiger partial charge is 0.289 e. The van der Waals surface area contributed by atoms with Gasteiger partial charge in [-0.05, 0) is 12.1 Å². The lowest BCUT2D eigenvalue weighted by Gasteiger charge is -2.33. The maximum atomic E-state index is 12.4. The second-order valence-corrected chi connectivity index (χ2v) is 6.20. The molecular formula is C19H23N3O5. The lowest BCUT2D eigenvalue weighted by molar-refractivity contribution is -0.117. The van der Waals surface area contributed by atoms with Crippen LogP contribution in [0.5, 0.6) is 11.5 Å². The van der Waals surface area contributed by atoms with Crippen molar-refractivity contribution in [2.45, 2.75) is 0 Å². The molecule has 2 heterocycles. The number of benzene rings is 1. The van der Waals surface area contributed by atoms with Crippen LogP contribution in [0.15, 0.2) is 41.0 Å². The Hall–Kier alpha value is -3.00. The Morgan fingerprint density at radius 3 is 2.30 bits per heavy atom. The van der Waals surface area contributed by atoms with Gasteiger partial charge in [0, 0.05) is 50.1 Å². The summed E-state index contributed by atoms with van der Waals surface area (Å²) in [4.78, 5) is 28.4. The van der Waals surface area contributed by atoms with Crippen molar-refractivity contribution < 1.29 is 23.5 Å². The van der Waals surface area contributed by atoms with Crippen LogP contribution in [0.1, 0.15) is 10.6 Å². The lowest BCUT2D eigenvalue weighted by atomic mass is 10.2. The Labute approximate surface area is 157 Å². The minimum atomic E-state index is -0.129. The lowest BCUT2D eigenvalue weighted by Crippen LogP contribution is -2.50. The number of hydrogen-bond acceptors (Lipinski definition) is 6. The Kier molecular flexibility index (Phi) is 5.97.